The van der Waals surface area contributed by atoms with Gasteiger partial charge in [-0.25, -0.2) is 4.79 Å². The van der Waals surface area contributed by atoms with Gasteiger partial charge in [0, 0.05) is 36.3 Å². The molecule has 2 fully saturated rings. The molecule has 1 aromatic carbocycles. The number of anilines is 1. The second-order valence-corrected chi connectivity index (χ2v) is 9.47. The van der Waals surface area contributed by atoms with Crippen molar-refractivity contribution in [1.29, 1.82) is 0 Å². The molecule has 0 saturated carbocycles. The summed E-state index contributed by atoms with van der Waals surface area (Å²) in [6, 6.07) is 9.81. The minimum Gasteiger partial charge on any atom is -0.319 e. The maximum atomic E-state index is 13.6. The summed E-state index contributed by atoms with van der Waals surface area (Å²) in [5.41, 5.74) is 1.82. The Morgan fingerprint density at radius 1 is 1.19 bits per heavy atom. The Morgan fingerprint density at radius 2 is 1.97 bits per heavy atom. The Morgan fingerprint density at radius 3 is 2.74 bits per heavy atom. The Labute approximate surface area is 182 Å². The number of rotatable bonds is 2. The normalized spacial score (nSPS) is 24.7. The third kappa shape index (κ3) is 3.29. The highest BCUT2D eigenvalue weighted by Crippen LogP contribution is 2.41. The van der Waals surface area contributed by atoms with Gasteiger partial charge in [0.15, 0.2) is 5.82 Å². The Bertz CT molecular complexity index is 1000. The summed E-state index contributed by atoms with van der Waals surface area (Å²) < 4.78 is 0. The van der Waals surface area contributed by atoms with E-state index in [1.807, 2.05) is 41.8 Å². The number of piperazine rings is 1. The minimum atomic E-state index is -0.526. The van der Waals surface area contributed by atoms with Gasteiger partial charge < -0.3 is 15.1 Å². The van der Waals surface area contributed by atoms with E-state index in [2.05, 4.69) is 27.3 Å². The number of aromatic nitrogens is 2. The molecule has 0 unspecified atom stereocenters. The van der Waals surface area contributed by atoms with Crippen LogP contribution in [0, 0.1) is 0 Å². The van der Waals surface area contributed by atoms with Crippen LogP contribution in [0.1, 0.15) is 55.2 Å². The molecule has 0 radical (unpaired) electrons. The van der Waals surface area contributed by atoms with Crippen molar-refractivity contribution >= 4 is 17.8 Å². The molecule has 1 aromatic heterocycles. The first kappa shape index (κ1) is 20.1. The van der Waals surface area contributed by atoms with E-state index in [-0.39, 0.29) is 18.0 Å². The van der Waals surface area contributed by atoms with Gasteiger partial charge in [-0.15, -0.1) is 0 Å². The summed E-state index contributed by atoms with van der Waals surface area (Å²) in [7, 11) is 0. The van der Waals surface area contributed by atoms with Crippen molar-refractivity contribution in [3.8, 4) is 0 Å². The molecule has 8 nitrogen and oxygen atoms in total. The molecule has 4 heterocycles. The van der Waals surface area contributed by atoms with Crippen LogP contribution in [0.2, 0.25) is 0 Å². The number of carbonyl (C=O) groups excluding carboxylic acids is 2. The van der Waals surface area contributed by atoms with Crippen LogP contribution in [0.5, 0.6) is 0 Å². The van der Waals surface area contributed by atoms with Crippen molar-refractivity contribution < 1.29 is 9.59 Å². The van der Waals surface area contributed by atoms with E-state index in [0.29, 0.717) is 24.0 Å². The van der Waals surface area contributed by atoms with Crippen molar-refractivity contribution in [3.05, 3.63) is 47.2 Å². The molecule has 0 spiro atoms. The highest BCUT2D eigenvalue weighted by Gasteiger charge is 2.47. The SMILES string of the molecule is C[C@H]1CN2CCC[C@H]2CN1C(=O)N1Cc2c(NC(=O)c3ccccc3)n[nH]c2C1(C)C. The summed E-state index contributed by atoms with van der Waals surface area (Å²) in [6.07, 6.45) is 2.38. The van der Waals surface area contributed by atoms with Crippen LogP contribution in [-0.4, -0.2) is 68.6 Å². The fraction of sp³-hybridized carbons (Fsp3) is 0.522. The van der Waals surface area contributed by atoms with Gasteiger partial charge >= 0.3 is 6.03 Å². The molecule has 3 aliphatic heterocycles. The quantitative estimate of drug-likeness (QED) is 0.779. The van der Waals surface area contributed by atoms with Gasteiger partial charge in [-0.3, -0.25) is 14.8 Å². The fourth-order valence-electron chi connectivity index (χ4n) is 5.30. The van der Waals surface area contributed by atoms with Crippen LogP contribution in [-0.2, 0) is 12.1 Å². The number of amides is 3. The highest BCUT2D eigenvalue weighted by atomic mass is 16.2. The number of benzene rings is 1. The number of hydrogen-bond donors (Lipinski definition) is 2. The number of H-pyrrole nitrogens is 1. The van der Waals surface area contributed by atoms with Gasteiger partial charge in [-0.1, -0.05) is 18.2 Å². The average molecular weight is 423 g/mol. The molecule has 2 aromatic rings. The largest absolute Gasteiger partial charge is 0.321 e. The van der Waals surface area contributed by atoms with Crippen molar-refractivity contribution in [1.82, 2.24) is 24.9 Å². The summed E-state index contributed by atoms with van der Waals surface area (Å²) >= 11 is 0. The predicted molar refractivity (Wildman–Crippen MR) is 118 cm³/mol. The third-order valence-corrected chi connectivity index (χ3v) is 7.15. The van der Waals surface area contributed by atoms with Gasteiger partial charge in [-0.05, 0) is 52.3 Å². The first-order valence-electron chi connectivity index (χ1n) is 11.1. The highest BCUT2D eigenvalue weighted by molar-refractivity contribution is 6.04. The lowest BCUT2D eigenvalue weighted by atomic mass is 10.0. The zero-order chi connectivity index (χ0) is 21.8. The zero-order valence-electron chi connectivity index (χ0n) is 18.4. The number of nitrogens with zero attached hydrogens (tertiary/aromatic N) is 4. The van der Waals surface area contributed by atoms with E-state index >= 15 is 0 Å². The first-order valence-corrected chi connectivity index (χ1v) is 11.1. The summed E-state index contributed by atoms with van der Waals surface area (Å²) in [5.74, 6) is 0.296. The number of hydrogen-bond acceptors (Lipinski definition) is 4. The molecule has 2 N–H and O–H groups in total. The zero-order valence-corrected chi connectivity index (χ0v) is 18.4. The molecule has 2 saturated heterocycles. The molecule has 3 amide bonds. The maximum Gasteiger partial charge on any atom is 0.321 e. The van der Waals surface area contributed by atoms with Crippen LogP contribution in [0.25, 0.3) is 0 Å². The van der Waals surface area contributed by atoms with Gasteiger partial charge in [0.25, 0.3) is 5.91 Å². The molecule has 5 rings (SSSR count). The van der Waals surface area contributed by atoms with Gasteiger partial charge in [0.2, 0.25) is 0 Å². The summed E-state index contributed by atoms with van der Waals surface area (Å²) in [6.45, 7) is 9.52. The summed E-state index contributed by atoms with van der Waals surface area (Å²) in [4.78, 5) is 32.7. The van der Waals surface area contributed by atoms with E-state index in [9.17, 15) is 9.59 Å². The third-order valence-electron chi connectivity index (χ3n) is 7.15. The van der Waals surface area contributed by atoms with E-state index in [4.69, 9.17) is 0 Å². The number of carbonyl (C=O) groups is 2. The number of urea groups is 1. The van der Waals surface area contributed by atoms with E-state index in [0.717, 1.165) is 30.9 Å². The van der Waals surface area contributed by atoms with Crippen LogP contribution < -0.4 is 5.32 Å². The van der Waals surface area contributed by atoms with Crippen LogP contribution in [0.4, 0.5) is 10.6 Å². The molecule has 164 valence electrons. The van der Waals surface area contributed by atoms with Crippen molar-refractivity contribution in [2.45, 2.75) is 57.8 Å². The van der Waals surface area contributed by atoms with Crippen LogP contribution in [0.15, 0.2) is 30.3 Å². The van der Waals surface area contributed by atoms with E-state index < -0.39 is 5.54 Å². The standard InChI is InChI=1S/C23H30N6O2/c1-15-12-27-11-7-10-17(27)13-28(15)22(31)29-14-18-19(23(29,2)3)25-26-20(18)24-21(30)16-8-5-4-6-9-16/h4-6,8-9,15,17H,7,10-14H2,1-3H3,(H2,24,25,26,30)/t15-,17-/m0/s1. The topological polar surface area (TPSA) is 84.6 Å². The minimum absolute atomic E-state index is 0.0639. The smallest absolute Gasteiger partial charge is 0.319 e. The second kappa shape index (κ2) is 7.37. The molecule has 31 heavy (non-hydrogen) atoms. The molecule has 3 aliphatic rings. The number of fused-ring (bicyclic) bond motifs is 2. The Balaban J connectivity index is 1.35. The number of aromatic amines is 1. The maximum absolute atomic E-state index is 13.6. The van der Waals surface area contributed by atoms with Gasteiger partial charge in [-0.2, -0.15) is 5.10 Å². The van der Waals surface area contributed by atoms with E-state index in [1.54, 1.807) is 12.1 Å². The molecule has 0 aliphatic carbocycles. The molecule has 8 heteroatoms. The van der Waals surface area contributed by atoms with Crippen molar-refractivity contribution in [3.63, 3.8) is 0 Å². The lowest BCUT2D eigenvalue weighted by molar-refractivity contribution is 0.0454. The lowest BCUT2D eigenvalue weighted by Gasteiger charge is -2.45. The van der Waals surface area contributed by atoms with Gasteiger partial charge in [0.05, 0.1) is 17.8 Å². The second-order valence-electron chi connectivity index (χ2n) is 9.47. The molecule has 2 atom stereocenters. The Kier molecular flexibility index (Phi) is 4.77. The van der Waals surface area contributed by atoms with Crippen LogP contribution >= 0.6 is 0 Å². The average Bonchev–Trinajstić information content (AvgIpc) is 3.44. The van der Waals surface area contributed by atoms with E-state index in [1.165, 1.54) is 12.8 Å². The number of nitrogens with one attached hydrogen (secondary N) is 2. The first-order chi connectivity index (χ1) is 14.9. The Hall–Kier alpha value is -2.87. The molecular formula is C23H30N6O2. The van der Waals surface area contributed by atoms with Gasteiger partial charge in [0.1, 0.15) is 0 Å². The fourth-order valence-corrected chi connectivity index (χ4v) is 5.30. The molecule has 0 bridgehead atoms. The van der Waals surface area contributed by atoms with Crippen LogP contribution in [0.3, 0.4) is 0 Å². The summed E-state index contributed by atoms with van der Waals surface area (Å²) in [5, 5.41) is 10.3. The van der Waals surface area contributed by atoms with Crippen molar-refractivity contribution in [2.75, 3.05) is 25.0 Å². The lowest BCUT2D eigenvalue weighted by Crippen LogP contribution is -2.60. The molecular weight excluding hydrogens is 392 g/mol. The monoisotopic (exact) mass is 422 g/mol. The van der Waals surface area contributed by atoms with Crippen molar-refractivity contribution in [2.24, 2.45) is 0 Å². The predicted octanol–water partition coefficient (Wildman–Crippen LogP) is 3.00.